The standard InChI is InChI=1S/C5H9NO4S/c1-5(2,3)10-11(8,9)6-4-7/h1-3H3. The van der Waals surface area contributed by atoms with Crippen LogP contribution in [-0.4, -0.2) is 20.1 Å². The van der Waals surface area contributed by atoms with Crippen LogP contribution in [0.5, 0.6) is 0 Å². The number of isocyanates is 1. The highest BCUT2D eigenvalue weighted by atomic mass is 32.2. The second-order valence-corrected chi connectivity index (χ2v) is 4.01. The molecule has 0 aromatic heterocycles. The first kappa shape index (κ1) is 10.3. The minimum absolute atomic E-state index is 0.876. The van der Waals surface area contributed by atoms with E-state index in [2.05, 4.69) is 8.58 Å². The largest absolute Gasteiger partial charge is 0.391 e. The molecule has 64 valence electrons. The highest BCUT2D eigenvalue weighted by molar-refractivity contribution is 7.85. The third-order valence-electron chi connectivity index (χ3n) is 0.504. The van der Waals surface area contributed by atoms with Crippen LogP contribution in [-0.2, 0) is 19.3 Å². The van der Waals surface area contributed by atoms with Crippen molar-refractivity contribution in [3.8, 4) is 0 Å². The summed E-state index contributed by atoms with van der Waals surface area (Å²) in [6.07, 6.45) is 0.893. The van der Waals surface area contributed by atoms with Crippen molar-refractivity contribution in [3.05, 3.63) is 0 Å². The topological polar surface area (TPSA) is 72.8 Å². The van der Waals surface area contributed by atoms with Crippen molar-refractivity contribution in [3.63, 3.8) is 0 Å². The molecule has 0 bridgehead atoms. The molecule has 0 aliphatic carbocycles. The van der Waals surface area contributed by atoms with Gasteiger partial charge in [-0.3, -0.25) is 0 Å². The van der Waals surface area contributed by atoms with Crippen molar-refractivity contribution in [1.29, 1.82) is 0 Å². The lowest BCUT2D eigenvalue weighted by molar-refractivity contribution is 0.140. The molecule has 0 N–H and O–H groups in total. The van der Waals surface area contributed by atoms with Gasteiger partial charge in [-0.1, -0.05) is 4.40 Å². The molecule has 0 aliphatic heterocycles. The highest BCUT2D eigenvalue weighted by Gasteiger charge is 2.20. The number of hydrogen-bond donors (Lipinski definition) is 0. The lowest BCUT2D eigenvalue weighted by Crippen LogP contribution is -2.22. The van der Waals surface area contributed by atoms with E-state index in [0.29, 0.717) is 0 Å². The zero-order valence-electron chi connectivity index (χ0n) is 6.49. The lowest BCUT2D eigenvalue weighted by atomic mass is 10.2. The average Bonchev–Trinajstić information content (AvgIpc) is 1.55. The van der Waals surface area contributed by atoms with E-state index in [1.165, 1.54) is 20.8 Å². The Kier molecular flexibility index (Phi) is 2.92. The Hall–Kier alpha value is -0.710. The number of carbonyl (C=O) groups excluding carboxylic acids is 1. The van der Waals surface area contributed by atoms with Gasteiger partial charge in [-0.2, -0.15) is 8.42 Å². The Labute approximate surface area is 65.3 Å². The molecule has 6 heteroatoms. The Morgan fingerprint density at radius 1 is 1.36 bits per heavy atom. The zero-order chi connectivity index (χ0) is 9.12. The smallest absolute Gasteiger partial charge is 0.246 e. The van der Waals surface area contributed by atoms with Gasteiger partial charge in [-0.05, 0) is 20.8 Å². The second-order valence-electron chi connectivity index (χ2n) is 2.81. The van der Waals surface area contributed by atoms with E-state index in [1.807, 2.05) is 0 Å². The summed E-state index contributed by atoms with van der Waals surface area (Å²) in [7, 11) is -4.09. The molecule has 0 atom stereocenters. The number of hydrogen-bond acceptors (Lipinski definition) is 4. The van der Waals surface area contributed by atoms with Crippen molar-refractivity contribution in [2.45, 2.75) is 26.4 Å². The van der Waals surface area contributed by atoms with Crippen LogP contribution in [0, 0.1) is 0 Å². The first-order chi connectivity index (χ1) is 4.77. The Morgan fingerprint density at radius 3 is 2.09 bits per heavy atom. The van der Waals surface area contributed by atoms with E-state index in [0.717, 1.165) is 6.08 Å². The molecule has 0 saturated heterocycles. The molecule has 0 rings (SSSR count). The maximum absolute atomic E-state index is 10.6. The van der Waals surface area contributed by atoms with Crippen LogP contribution in [0.1, 0.15) is 20.8 Å². The SMILES string of the molecule is CC(C)(C)OS(=O)(=O)N=C=O. The van der Waals surface area contributed by atoms with E-state index in [4.69, 9.17) is 0 Å². The molecule has 5 nitrogen and oxygen atoms in total. The summed E-state index contributed by atoms with van der Waals surface area (Å²) in [6, 6.07) is 0. The van der Waals surface area contributed by atoms with Crippen LogP contribution >= 0.6 is 0 Å². The third kappa shape index (κ3) is 5.72. The van der Waals surface area contributed by atoms with Gasteiger partial charge in [0, 0.05) is 0 Å². The summed E-state index contributed by atoms with van der Waals surface area (Å²) in [4.78, 5) is 9.56. The molecule has 0 fully saturated rings. The van der Waals surface area contributed by atoms with Gasteiger partial charge in [0.2, 0.25) is 0 Å². The number of nitrogens with zero attached hydrogens (tertiary/aromatic N) is 1. The van der Waals surface area contributed by atoms with Crippen molar-refractivity contribution in [1.82, 2.24) is 0 Å². The minimum Gasteiger partial charge on any atom is -0.246 e. The van der Waals surface area contributed by atoms with Gasteiger partial charge in [0.05, 0.1) is 5.60 Å². The van der Waals surface area contributed by atoms with Crippen LogP contribution in [0.4, 0.5) is 0 Å². The number of rotatable bonds is 2. The maximum atomic E-state index is 10.6. The van der Waals surface area contributed by atoms with Gasteiger partial charge in [0.15, 0.2) is 0 Å². The predicted molar refractivity (Wildman–Crippen MR) is 37.9 cm³/mol. The molecule has 11 heavy (non-hydrogen) atoms. The quantitative estimate of drug-likeness (QED) is 0.453. The van der Waals surface area contributed by atoms with E-state index in [-0.39, 0.29) is 0 Å². The minimum atomic E-state index is -4.09. The summed E-state index contributed by atoms with van der Waals surface area (Å²) in [6.45, 7) is 4.60. The van der Waals surface area contributed by atoms with Crippen LogP contribution in [0.25, 0.3) is 0 Å². The van der Waals surface area contributed by atoms with Crippen molar-refractivity contribution in [2.75, 3.05) is 0 Å². The van der Waals surface area contributed by atoms with E-state index in [9.17, 15) is 13.2 Å². The Balaban J connectivity index is 4.52. The van der Waals surface area contributed by atoms with Crippen molar-refractivity contribution in [2.24, 2.45) is 4.40 Å². The molecule has 0 spiro atoms. The van der Waals surface area contributed by atoms with Crippen LogP contribution in [0.15, 0.2) is 4.40 Å². The van der Waals surface area contributed by atoms with Crippen molar-refractivity contribution >= 4 is 16.4 Å². The van der Waals surface area contributed by atoms with E-state index in [1.54, 1.807) is 0 Å². The van der Waals surface area contributed by atoms with Gasteiger partial charge >= 0.3 is 10.3 Å². The first-order valence-electron chi connectivity index (χ1n) is 2.81. The summed E-state index contributed by atoms with van der Waals surface area (Å²) in [5.41, 5.74) is -0.876. The van der Waals surface area contributed by atoms with E-state index < -0.39 is 15.9 Å². The molecule has 0 radical (unpaired) electrons. The van der Waals surface area contributed by atoms with Gasteiger partial charge in [0.1, 0.15) is 0 Å². The third-order valence-corrected chi connectivity index (χ3v) is 1.51. The molecule has 0 aliphatic rings. The van der Waals surface area contributed by atoms with Gasteiger partial charge < -0.3 is 0 Å². The Bertz CT molecular complexity index is 267. The maximum Gasteiger partial charge on any atom is 0.391 e. The highest BCUT2D eigenvalue weighted by Crippen LogP contribution is 2.11. The summed E-state index contributed by atoms with van der Waals surface area (Å²) in [5, 5.41) is 0. The lowest BCUT2D eigenvalue weighted by Gasteiger charge is -2.15. The average molecular weight is 179 g/mol. The van der Waals surface area contributed by atoms with Crippen LogP contribution in [0.3, 0.4) is 0 Å². The molecular weight excluding hydrogens is 170 g/mol. The fourth-order valence-electron chi connectivity index (χ4n) is 0.380. The van der Waals surface area contributed by atoms with Gasteiger partial charge in [0.25, 0.3) is 6.08 Å². The molecule has 0 aromatic carbocycles. The predicted octanol–water partition coefficient (Wildman–Crippen LogP) is 0.382. The Morgan fingerprint density at radius 2 is 1.82 bits per heavy atom. The summed E-state index contributed by atoms with van der Waals surface area (Å²) in [5.74, 6) is 0. The first-order valence-corrected chi connectivity index (χ1v) is 4.18. The fourth-order valence-corrected chi connectivity index (χ4v) is 1.14. The molecule has 0 heterocycles. The summed E-state index contributed by atoms with van der Waals surface area (Å²) < 4.78 is 28.1. The van der Waals surface area contributed by atoms with E-state index >= 15 is 0 Å². The zero-order valence-corrected chi connectivity index (χ0v) is 7.30. The molecular formula is C5H9NO4S. The fraction of sp³-hybridized carbons (Fsp3) is 0.800. The molecule has 0 unspecified atom stereocenters. The van der Waals surface area contributed by atoms with Gasteiger partial charge in [-0.25, -0.2) is 8.98 Å². The van der Waals surface area contributed by atoms with Crippen LogP contribution in [0.2, 0.25) is 0 Å². The van der Waals surface area contributed by atoms with Gasteiger partial charge in [-0.15, -0.1) is 0 Å². The normalized spacial score (nSPS) is 12.3. The molecule has 0 aromatic rings. The monoisotopic (exact) mass is 179 g/mol. The molecule has 0 amide bonds. The van der Waals surface area contributed by atoms with Crippen LogP contribution < -0.4 is 0 Å². The summed E-state index contributed by atoms with van der Waals surface area (Å²) >= 11 is 0. The van der Waals surface area contributed by atoms with Crippen molar-refractivity contribution < 1.29 is 17.4 Å². The second kappa shape index (κ2) is 3.13. The molecule has 0 saturated carbocycles.